The Morgan fingerprint density at radius 1 is 1.58 bits per heavy atom. The molecule has 2 heterocycles. The highest BCUT2D eigenvalue weighted by Gasteiger charge is 2.30. The number of aromatic nitrogens is 3. The zero-order valence-corrected chi connectivity index (χ0v) is 11.6. The number of nitrogen functional groups attached to an aromatic ring is 1. The van der Waals surface area contributed by atoms with Gasteiger partial charge in [-0.25, -0.2) is 0 Å². The summed E-state index contributed by atoms with van der Waals surface area (Å²) in [6, 6.07) is 0. The number of ether oxygens (including phenoxy) is 1. The lowest BCUT2D eigenvalue weighted by atomic mass is 10.2. The third-order valence-electron chi connectivity index (χ3n) is 3.16. The molecular weight excluding hydrogens is 262 g/mol. The molecule has 19 heavy (non-hydrogen) atoms. The van der Waals surface area contributed by atoms with Crippen molar-refractivity contribution in [1.82, 2.24) is 14.2 Å². The van der Waals surface area contributed by atoms with Crippen molar-refractivity contribution in [2.45, 2.75) is 25.3 Å². The van der Waals surface area contributed by atoms with Crippen LogP contribution in [-0.4, -0.2) is 27.9 Å². The van der Waals surface area contributed by atoms with Crippen molar-refractivity contribution in [1.29, 1.82) is 0 Å². The predicted octanol–water partition coefficient (Wildman–Crippen LogP) is 2.19. The van der Waals surface area contributed by atoms with Crippen molar-refractivity contribution in [3.8, 4) is 0 Å². The third-order valence-corrected chi connectivity index (χ3v) is 3.95. The van der Waals surface area contributed by atoms with Gasteiger partial charge in [-0.1, -0.05) is 0 Å². The maximum atomic E-state index is 5.93. The Morgan fingerprint density at radius 3 is 3.16 bits per heavy atom. The summed E-state index contributed by atoms with van der Waals surface area (Å²) in [6.07, 6.45) is 6.20. The first-order valence-corrected chi connectivity index (χ1v) is 7.08. The molecule has 1 fully saturated rings. The maximum Gasteiger partial charge on any atom is 0.142 e. The Morgan fingerprint density at radius 2 is 2.42 bits per heavy atom. The van der Waals surface area contributed by atoms with E-state index in [0.717, 1.165) is 17.2 Å². The quantitative estimate of drug-likeness (QED) is 0.847. The van der Waals surface area contributed by atoms with E-state index in [0.29, 0.717) is 18.3 Å². The summed E-state index contributed by atoms with van der Waals surface area (Å²) in [5, 5.41) is 8.68. The van der Waals surface area contributed by atoms with E-state index in [2.05, 4.69) is 14.8 Å². The van der Waals surface area contributed by atoms with Crippen LogP contribution in [0.1, 0.15) is 24.3 Å². The molecular formula is C12H17N5OS. The molecule has 0 bridgehead atoms. The Balaban J connectivity index is 1.72. The molecule has 1 saturated carbocycles. The number of anilines is 3. The van der Waals surface area contributed by atoms with Gasteiger partial charge in [0, 0.05) is 18.9 Å². The third kappa shape index (κ3) is 2.71. The summed E-state index contributed by atoms with van der Waals surface area (Å²) in [5.74, 6) is 1.26. The molecule has 6 nitrogen and oxygen atoms in total. The zero-order chi connectivity index (χ0) is 13.2. The summed E-state index contributed by atoms with van der Waals surface area (Å²) in [7, 11) is 1.69. The summed E-state index contributed by atoms with van der Waals surface area (Å²) < 4.78 is 11.1. The molecule has 0 saturated heterocycles. The van der Waals surface area contributed by atoms with E-state index in [1.807, 2.05) is 17.1 Å². The van der Waals surface area contributed by atoms with Crippen LogP contribution in [0.4, 0.5) is 16.5 Å². The molecule has 0 aliphatic heterocycles. The smallest absolute Gasteiger partial charge is 0.142 e. The van der Waals surface area contributed by atoms with Gasteiger partial charge in [0.1, 0.15) is 10.8 Å². The van der Waals surface area contributed by atoms with Gasteiger partial charge in [-0.3, -0.25) is 4.68 Å². The summed E-state index contributed by atoms with van der Waals surface area (Å²) >= 11 is 1.42. The normalized spacial score (nSPS) is 14.8. The van der Waals surface area contributed by atoms with Crippen molar-refractivity contribution in [3.05, 3.63) is 18.0 Å². The highest BCUT2D eigenvalue weighted by molar-refractivity contribution is 7.10. The number of nitrogens with zero attached hydrogens (tertiary/aromatic N) is 3. The van der Waals surface area contributed by atoms with E-state index in [1.54, 1.807) is 7.11 Å². The standard InChI is InChI=1S/C12H17N5OS/c1-18-5-4-17-7-9(6-14-17)15-12-10(8-2-3-8)11(13)16-19-12/h6-8,15H,2-5H2,1H3,(H2,13,16). The monoisotopic (exact) mass is 279 g/mol. The molecule has 1 aliphatic rings. The second-order valence-electron chi connectivity index (χ2n) is 4.69. The second kappa shape index (κ2) is 5.18. The van der Waals surface area contributed by atoms with Crippen LogP contribution in [0.5, 0.6) is 0 Å². The minimum Gasteiger partial charge on any atom is -0.383 e. The minimum atomic E-state index is 0.588. The van der Waals surface area contributed by atoms with Crippen molar-refractivity contribution in [3.63, 3.8) is 0 Å². The molecule has 1 aliphatic carbocycles. The van der Waals surface area contributed by atoms with Gasteiger partial charge >= 0.3 is 0 Å². The maximum absolute atomic E-state index is 5.93. The van der Waals surface area contributed by atoms with Gasteiger partial charge < -0.3 is 15.8 Å². The number of rotatable bonds is 6. The fraction of sp³-hybridized carbons (Fsp3) is 0.500. The second-order valence-corrected chi connectivity index (χ2v) is 5.47. The highest BCUT2D eigenvalue weighted by Crippen LogP contribution is 2.48. The fourth-order valence-corrected chi connectivity index (χ4v) is 2.85. The SMILES string of the molecule is COCCn1cc(Nc2snc(N)c2C2CC2)cn1. The largest absolute Gasteiger partial charge is 0.383 e. The van der Waals surface area contributed by atoms with Crippen LogP contribution in [0.3, 0.4) is 0 Å². The number of hydrogen-bond donors (Lipinski definition) is 2. The average molecular weight is 279 g/mol. The lowest BCUT2D eigenvalue weighted by Crippen LogP contribution is -2.03. The lowest BCUT2D eigenvalue weighted by Gasteiger charge is -2.03. The minimum absolute atomic E-state index is 0.588. The summed E-state index contributed by atoms with van der Waals surface area (Å²) in [4.78, 5) is 0. The molecule has 3 rings (SSSR count). The molecule has 102 valence electrons. The molecule has 0 amide bonds. The molecule has 0 radical (unpaired) electrons. The number of hydrogen-bond acceptors (Lipinski definition) is 6. The first kappa shape index (κ1) is 12.4. The van der Waals surface area contributed by atoms with Gasteiger partial charge in [0.05, 0.1) is 25.0 Å². The van der Waals surface area contributed by atoms with Gasteiger partial charge in [0.15, 0.2) is 0 Å². The van der Waals surface area contributed by atoms with Crippen LogP contribution >= 0.6 is 11.5 Å². The van der Waals surface area contributed by atoms with Crippen molar-refractivity contribution >= 4 is 28.0 Å². The van der Waals surface area contributed by atoms with E-state index in [1.165, 1.54) is 29.9 Å². The Kier molecular flexibility index (Phi) is 3.39. The molecule has 0 unspecified atom stereocenters. The number of methoxy groups -OCH3 is 1. The lowest BCUT2D eigenvalue weighted by molar-refractivity contribution is 0.183. The van der Waals surface area contributed by atoms with E-state index in [4.69, 9.17) is 10.5 Å². The van der Waals surface area contributed by atoms with Crippen LogP contribution in [0.15, 0.2) is 12.4 Å². The van der Waals surface area contributed by atoms with Crippen LogP contribution in [-0.2, 0) is 11.3 Å². The fourth-order valence-electron chi connectivity index (χ4n) is 2.03. The molecule has 3 N–H and O–H groups in total. The first-order chi connectivity index (χ1) is 9.28. The van der Waals surface area contributed by atoms with E-state index in [9.17, 15) is 0 Å². The van der Waals surface area contributed by atoms with E-state index < -0.39 is 0 Å². The Hall–Kier alpha value is -1.60. The molecule has 2 aromatic heterocycles. The number of nitrogens with two attached hydrogens (primary N) is 1. The topological polar surface area (TPSA) is 78.0 Å². The van der Waals surface area contributed by atoms with E-state index >= 15 is 0 Å². The first-order valence-electron chi connectivity index (χ1n) is 6.31. The molecule has 0 spiro atoms. The van der Waals surface area contributed by atoms with Crippen molar-refractivity contribution in [2.75, 3.05) is 24.8 Å². The summed E-state index contributed by atoms with van der Waals surface area (Å²) in [5.41, 5.74) is 8.06. The molecule has 0 aromatic carbocycles. The van der Waals surface area contributed by atoms with Crippen molar-refractivity contribution in [2.24, 2.45) is 0 Å². The molecule has 2 aromatic rings. The van der Waals surface area contributed by atoms with Crippen LogP contribution < -0.4 is 11.1 Å². The Bertz CT molecular complexity index is 560. The van der Waals surface area contributed by atoms with Gasteiger partial charge in [0.2, 0.25) is 0 Å². The van der Waals surface area contributed by atoms with Gasteiger partial charge in [-0.05, 0) is 30.3 Å². The highest BCUT2D eigenvalue weighted by atomic mass is 32.1. The van der Waals surface area contributed by atoms with Gasteiger partial charge in [0.25, 0.3) is 0 Å². The van der Waals surface area contributed by atoms with E-state index in [-0.39, 0.29) is 0 Å². The summed E-state index contributed by atoms with van der Waals surface area (Å²) in [6.45, 7) is 1.40. The van der Waals surface area contributed by atoms with Crippen LogP contribution in [0, 0.1) is 0 Å². The molecule has 0 atom stereocenters. The van der Waals surface area contributed by atoms with Crippen molar-refractivity contribution < 1.29 is 4.74 Å². The Labute approximate surface area is 115 Å². The van der Waals surface area contributed by atoms with Gasteiger partial charge in [-0.15, -0.1) is 0 Å². The van der Waals surface area contributed by atoms with Gasteiger partial charge in [-0.2, -0.15) is 9.47 Å². The predicted molar refractivity (Wildman–Crippen MR) is 75.9 cm³/mol. The number of nitrogens with one attached hydrogen (secondary N) is 1. The average Bonchev–Trinajstić information content (AvgIpc) is 3.03. The van der Waals surface area contributed by atoms with Crippen LogP contribution in [0.25, 0.3) is 0 Å². The van der Waals surface area contributed by atoms with Crippen LogP contribution in [0.2, 0.25) is 0 Å². The molecule has 7 heteroatoms. The zero-order valence-electron chi connectivity index (χ0n) is 10.8.